The standard InChI is InChI=1S/C26H25N7O2/c1-17(2)33-16-30-24(31-33)21-15-32(26(35)22-7-3-4-11-28-22)23-9-8-19(12-20(21)23)25(34)29-14-18-6-5-10-27-13-18/h3-13,16-17,21H,14-15H2,1-2H3,(H,29,34). The predicted molar refractivity (Wildman–Crippen MR) is 130 cm³/mol. The lowest BCUT2D eigenvalue weighted by molar-refractivity contribution is 0.0949. The van der Waals surface area contributed by atoms with Gasteiger partial charge < -0.3 is 10.2 Å². The SMILES string of the molecule is CC(C)n1cnc(C2CN(C(=O)c3ccccn3)c3ccc(C(=O)NCc4cccnc4)cc32)n1. The Balaban J connectivity index is 1.47. The first-order valence-corrected chi connectivity index (χ1v) is 11.5. The average Bonchev–Trinajstić information content (AvgIpc) is 3.53. The average molecular weight is 468 g/mol. The molecule has 4 aromatic rings. The maximum atomic E-state index is 13.3. The van der Waals surface area contributed by atoms with Gasteiger partial charge in [-0.2, -0.15) is 5.10 Å². The number of fused-ring (bicyclic) bond motifs is 1. The van der Waals surface area contributed by atoms with Crippen molar-refractivity contribution in [2.24, 2.45) is 0 Å². The van der Waals surface area contributed by atoms with Gasteiger partial charge in [0.05, 0.1) is 5.92 Å². The second kappa shape index (κ2) is 9.46. The first kappa shape index (κ1) is 22.4. The highest BCUT2D eigenvalue weighted by atomic mass is 16.2. The number of benzene rings is 1. The zero-order chi connectivity index (χ0) is 24.4. The van der Waals surface area contributed by atoms with E-state index in [9.17, 15) is 9.59 Å². The van der Waals surface area contributed by atoms with E-state index < -0.39 is 0 Å². The van der Waals surface area contributed by atoms with Crippen LogP contribution in [0.5, 0.6) is 0 Å². The van der Waals surface area contributed by atoms with E-state index in [1.54, 1.807) is 58.8 Å². The molecule has 4 heterocycles. The molecule has 35 heavy (non-hydrogen) atoms. The van der Waals surface area contributed by atoms with Crippen LogP contribution in [0.2, 0.25) is 0 Å². The Hall–Kier alpha value is -4.40. The second-order valence-corrected chi connectivity index (χ2v) is 8.68. The maximum Gasteiger partial charge on any atom is 0.276 e. The summed E-state index contributed by atoms with van der Waals surface area (Å²) in [5, 5.41) is 7.59. The molecule has 9 heteroatoms. The molecular formula is C26H25N7O2. The van der Waals surface area contributed by atoms with E-state index in [0.29, 0.717) is 30.2 Å². The lowest BCUT2D eigenvalue weighted by Crippen LogP contribution is -2.30. The van der Waals surface area contributed by atoms with E-state index in [1.165, 1.54) is 0 Å². The number of hydrogen-bond acceptors (Lipinski definition) is 6. The van der Waals surface area contributed by atoms with Gasteiger partial charge in [-0.15, -0.1) is 0 Å². The molecular weight excluding hydrogens is 442 g/mol. The Morgan fingerprint density at radius 1 is 1.09 bits per heavy atom. The van der Waals surface area contributed by atoms with Gasteiger partial charge in [-0.1, -0.05) is 12.1 Å². The smallest absolute Gasteiger partial charge is 0.276 e. The van der Waals surface area contributed by atoms with Crippen LogP contribution in [0.4, 0.5) is 5.69 Å². The number of amides is 2. The topological polar surface area (TPSA) is 106 Å². The van der Waals surface area contributed by atoms with Crippen LogP contribution in [0.3, 0.4) is 0 Å². The van der Waals surface area contributed by atoms with Gasteiger partial charge in [0.2, 0.25) is 0 Å². The van der Waals surface area contributed by atoms with Gasteiger partial charge in [-0.25, -0.2) is 4.98 Å². The van der Waals surface area contributed by atoms with Gasteiger partial charge in [-0.3, -0.25) is 24.2 Å². The molecule has 2 amide bonds. The molecule has 176 valence electrons. The first-order chi connectivity index (χ1) is 17.0. The van der Waals surface area contributed by atoms with Crippen LogP contribution < -0.4 is 10.2 Å². The maximum absolute atomic E-state index is 13.3. The minimum atomic E-state index is -0.260. The summed E-state index contributed by atoms with van der Waals surface area (Å²) in [6.45, 7) is 4.80. The fourth-order valence-corrected chi connectivity index (χ4v) is 4.12. The van der Waals surface area contributed by atoms with Crippen molar-refractivity contribution in [3.8, 4) is 0 Å². The highest BCUT2D eigenvalue weighted by Gasteiger charge is 2.37. The number of nitrogens with zero attached hydrogens (tertiary/aromatic N) is 6. The molecule has 1 aliphatic heterocycles. The monoisotopic (exact) mass is 467 g/mol. The molecule has 0 aliphatic carbocycles. The largest absolute Gasteiger partial charge is 0.348 e. The Kier molecular flexibility index (Phi) is 6.05. The fraction of sp³-hybridized carbons (Fsp3) is 0.231. The summed E-state index contributed by atoms with van der Waals surface area (Å²) in [4.78, 5) is 40.8. The van der Waals surface area contributed by atoms with Gasteiger partial charge in [0, 0.05) is 49.0 Å². The minimum absolute atomic E-state index is 0.160. The Labute approximate surface area is 202 Å². The van der Waals surface area contributed by atoms with Crippen molar-refractivity contribution in [3.63, 3.8) is 0 Å². The van der Waals surface area contributed by atoms with Crippen molar-refractivity contribution >= 4 is 17.5 Å². The number of hydrogen-bond donors (Lipinski definition) is 1. The highest BCUT2D eigenvalue weighted by molar-refractivity contribution is 6.07. The number of pyridine rings is 2. The number of rotatable bonds is 6. The van der Waals surface area contributed by atoms with Crippen LogP contribution in [0, 0.1) is 0 Å². The summed E-state index contributed by atoms with van der Waals surface area (Å²) in [5.41, 5.74) is 3.35. The molecule has 1 atom stereocenters. The number of nitrogens with one attached hydrogen (secondary N) is 1. The Morgan fingerprint density at radius 3 is 2.69 bits per heavy atom. The number of carbonyl (C=O) groups excluding carboxylic acids is 2. The molecule has 5 rings (SSSR count). The molecule has 0 saturated heterocycles. The summed E-state index contributed by atoms with van der Waals surface area (Å²) < 4.78 is 1.79. The third-order valence-electron chi connectivity index (χ3n) is 5.99. The fourth-order valence-electron chi connectivity index (χ4n) is 4.12. The second-order valence-electron chi connectivity index (χ2n) is 8.68. The number of carbonyl (C=O) groups is 2. The molecule has 3 aromatic heterocycles. The van der Waals surface area contributed by atoms with Gasteiger partial charge in [0.15, 0.2) is 5.82 Å². The number of anilines is 1. The molecule has 0 fully saturated rings. The molecule has 1 N–H and O–H groups in total. The molecule has 0 spiro atoms. The predicted octanol–water partition coefficient (Wildman–Crippen LogP) is 3.37. The van der Waals surface area contributed by atoms with E-state index >= 15 is 0 Å². The third-order valence-corrected chi connectivity index (χ3v) is 5.99. The van der Waals surface area contributed by atoms with E-state index in [0.717, 1.165) is 16.8 Å². The van der Waals surface area contributed by atoms with Crippen molar-refractivity contribution < 1.29 is 9.59 Å². The van der Waals surface area contributed by atoms with Gasteiger partial charge in [0.1, 0.15) is 12.0 Å². The van der Waals surface area contributed by atoms with Gasteiger partial charge >= 0.3 is 0 Å². The molecule has 1 aromatic carbocycles. The third kappa shape index (κ3) is 4.52. The van der Waals surface area contributed by atoms with E-state index in [1.807, 2.05) is 38.1 Å². The lowest BCUT2D eigenvalue weighted by Gasteiger charge is -2.17. The number of aromatic nitrogens is 5. The summed E-state index contributed by atoms with van der Waals surface area (Å²) in [6.07, 6.45) is 6.71. The van der Waals surface area contributed by atoms with Crippen LogP contribution in [0.15, 0.2) is 73.4 Å². The summed E-state index contributed by atoms with van der Waals surface area (Å²) >= 11 is 0. The van der Waals surface area contributed by atoms with Crippen LogP contribution in [0.25, 0.3) is 0 Å². The zero-order valence-corrected chi connectivity index (χ0v) is 19.5. The van der Waals surface area contributed by atoms with Crippen LogP contribution in [-0.2, 0) is 6.54 Å². The van der Waals surface area contributed by atoms with Crippen molar-refractivity contribution in [3.05, 3.63) is 102 Å². The normalized spacial score (nSPS) is 14.7. The van der Waals surface area contributed by atoms with Crippen molar-refractivity contribution in [1.29, 1.82) is 0 Å². The Morgan fingerprint density at radius 2 is 1.97 bits per heavy atom. The molecule has 1 unspecified atom stereocenters. The first-order valence-electron chi connectivity index (χ1n) is 11.5. The van der Waals surface area contributed by atoms with E-state index in [4.69, 9.17) is 0 Å². The highest BCUT2D eigenvalue weighted by Crippen LogP contribution is 2.40. The minimum Gasteiger partial charge on any atom is -0.348 e. The molecule has 9 nitrogen and oxygen atoms in total. The molecule has 0 saturated carbocycles. The quantitative estimate of drug-likeness (QED) is 0.466. The van der Waals surface area contributed by atoms with E-state index in [2.05, 4.69) is 25.4 Å². The summed E-state index contributed by atoms with van der Waals surface area (Å²) in [7, 11) is 0. The van der Waals surface area contributed by atoms with Crippen molar-refractivity contribution in [1.82, 2.24) is 30.0 Å². The van der Waals surface area contributed by atoms with Crippen molar-refractivity contribution in [2.45, 2.75) is 32.4 Å². The van der Waals surface area contributed by atoms with Crippen LogP contribution >= 0.6 is 0 Å². The lowest BCUT2D eigenvalue weighted by atomic mass is 9.98. The summed E-state index contributed by atoms with van der Waals surface area (Å²) in [6, 6.07) is 14.5. The van der Waals surface area contributed by atoms with E-state index in [-0.39, 0.29) is 23.8 Å². The molecule has 1 aliphatic rings. The molecule has 0 bridgehead atoms. The summed E-state index contributed by atoms with van der Waals surface area (Å²) in [5.74, 6) is -0.0510. The molecule has 0 radical (unpaired) electrons. The Bertz CT molecular complexity index is 1350. The van der Waals surface area contributed by atoms with Crippen LogP contribution in [-0.4, -0.2) is 43.1 Å². The van der Waals surface area contributed by atoms with Gasteiger partial charge in [-0.05, 0) is 61.4 Å². The van der Waals surface area contributed by atoms with Crippen LogP contribution in [0.1, 0.15) is 63.6 Å². The van der Waals surface area contributed by atoms with Gasteiger partial charge in [0.25, 0.3) is 11.8 Å². The zero-order valence-electron chi connectivity index (χ0n) is 19.5. The van der Waals surface area contributed by atoms with Crippen molar-refractivity contribution in [2.75, 3.05) is 11.4 Å².